The number of halogens is 2. The number of carbonyl (C=O) groups is 2. The maximum Gasteiger partial charge on any atom is 0.349 e. The Morgan fingerprint density at radius 3 is 2.74 bits per heavy atom. The van der Waals surface area contributed by atoms with Gasteiger partial charge in [-0.3, -0.25) is 15.6 Å². The summed E-state index contributed by atoms with van der Waals surface area (Å²) in [5.74, 6) is 0.337. The molecule has 2 aromatic carbocycles. The molecular weight excluding hydrogens is 542 g/mol. The molecule has 11 heteroatoms. The van der Waals surface area contributed by atoms with E-state index in [2.05, 4.69) is 32.1 Å². The largest absolute Gasteiger partial charge is 0.465 e. The molecule has 162 valence electrons. The van der Waals surface area contributed by atoms with E-state index in [1.165, 1.54) is 30.2 Å². The highest BCUT2D eigenvalue weighted by atomic mass is 79.9. The predicted molar refractivity (Wildman–Crippen MR) is 136 cm³/mol. The van der Waals surface area contributed by atoms with Crippen LogP contribution in [0.3, 0.4) is 0 Å². The van der Waals surface area contributed by atoms with Gasteiger partial charge >= 0.3 is 5.97 Å². The molecule has 0 aliphatic carbocycles. The first kappa shape index (κ1) is 23.8. The van der Waals surface area contributed by atoms with Crippen LogP contribution in [-0.4, -0.2) is 29.9 Å². The number of anilines is 1. The van der Waals surface area contributed by atoms with E-state index in [4.69, 9.17) is 28.6 Å². The summed E-state index contributed by atoms with van der Waals surface area (Å²) in [6, 6.07) is 13.3. The Balaban J connectivity index is 1.49. The fourth-order valence-corrected chi connectivity index (χ4v) is 5.64. The van der Waals surface area contributed by atoms with Gasteiger partial charge in [0.05, 0.1) is 17.9 Å². The molecule has 3 aromatic rings. The second-order valence-electron chi connectivity index (χ2n) is 6.16. The zero-order valence-electron chi connectivity index (χ0n) is 16.2. The molecule has 6 nitrogen and oxygen atoms in total. The van der Waals surface area contributed by atoms with E-state index in [1.807, 2.05) is 30.3 Å². The predicted octanol–water partition coefficient (Wildman–Crippen LogP) is 5.35. The van der Waals surface area contributed by atoms with Crippen molar-refractivity contribution in [1.82, 2.24) is 10.9 Å². The Kier molecular flexibility index (Phi) is 8.56. The van der Waals surface area contributed by atoms with Crippen molar-refractivity contribution in [2.45, 2.75) is 5.75 Å². The number of esters is 1. The number of benzene rings is 2. The normalized spacial score (nSPS) is 10.5. The molecule has 3 N–H and O–H groups in total. The number of thioether (sulfide) groups is 1. The Morgan fingerprint density at radius 1 is 1.23 bits per heavy atom. The van der Waals surface area contributed by atoms with Crippen LogP contribution in [0.2, 0.25) is 5.02 Å². The van der Waals surface area contributed by atoms with Gasteiger partial charge in [-0.2, -0.15) is 0 Å². The lowest BCUT2D eigenvalue weighted by molar-refractivity contribution is -0.119. The van der Waals surface area contributed by atoms with Crippen LogP contribution in [0.1, 0.15) is 15.2 Å². The summed E-state index contributed by atoms with van der Waals surface area (Å²) >= 11 is 17.7. The highest BCUT2D eigenvalue weighted by Gasteiger charge is 2.17. The number of thiophene rings is 1. The highest BCUT2D eigenvalue weighted by molar-refractivity contribution is 9.10. The lowest BCUT2D eigenvalue weighted by Gasteiger charge is -2.12. The molecule has 0 saturated carbocycles. The van der Waals surface area contributed by atoms with Gasteiger partial charge in [-0.15, -0.1) is 23.1 Å². The molecule has 0 aliphatic rings. The molecule has 1 heterocycles. The van der Waals surface area contributed by atoms with E-state index in [-0.39, 0.29) is 16.8 Å². The van der Waals surface area contributed by atoms with E-state index < -0.39 is 5.97 Å². The van der Waals surface area contributed by atoms with Crippen LogP contribution >= 0.6 is 62.8 Å². The minimum Gasteiger partial charge on any atom is -0.465 e. The number of methoxy groups -OCH3 is 1. The van der Waals surface area contributed by atoms with Crippen molar-refractivity contribution in [1.29, 1.82) is 0 Å². The van der Waals surface area contributed by atoms with Crippen LogP contribution in [0.4, 0.5) is 5.69 Å². The van der Waals surface area contributed by atoms with Gasteiger partial charge in [0, 0.05) is 26.0 Å². The summed E-state index contributed by atoms with van der Waals surface area (Å²) in [5, 5.41) is 4.35. The summed E-state index contributed by atoms with van der Waals surface area (Å²) < 4.78 is 6.58. The second kappa shape index (κ2) is 11.1. The van der Waals surface area contributed by atoms with Crippen LogP contribution in [0, 0.1) is 0 Å². The Morgan fingerprint density at radius 2 is 2.00 bits per heavy atom. The molecule has 0 fully saturated rings. The van der Waals surface area contributed by atoms with Crippen molar-refractivity contribution < 1.29 is 14.3 Å². The first-order valence-corrected chi connectivity index (χ1v) is 12.4. The minimum atomic E-state index is -0.474. The Hall–Kier alpha value is -1.85. The summed E-state index contributed by atoms with van der Waals surface area (Å²) in [4.78, 5) is 24.2. The quantitative estimate of drug-likeness (QED) is 0.214. The summed E-state index contributed by atoms with van der Waals surface area (Å²) in [7, 11) is 1.31. The average Bonchev–Trinajstić information content (AvgIpc) is 3.09. The van der Waals surface area contributed by atoms with Crippen LogP contribution in [0.5, 0.6) is 0 Å². The molecule has 0 unspecified atom stereocenters. The standard InChI is InChI=1S/C20H17BrClN3O3S3/c1-28-19(27)18-17(22)13-7-6-12(8-15(13)31-18)23-20(29)25-24-16(26)10-30-9-11-4-2-3-5-14(11)21/h2-8H,9-10H2,1H3,(H,24,26)(H2,23,25,29). The third-order valence-electron chi connectivity index (χ3n) is 4.02. The number of fused-ring (bicyclic) bond motifs is 1. The fraction of sp³-hybridized carbons (Fsp3) is 0.150. The van der Waals surface area contributed by atoms with Crippen molar-refractivity contribution in [2.75, 3.05) is 18.2 Å². The van der Waals surface area contributed by atoms with Gasteiger partial charge in [0.25, 0.3) is 0 Å². The highest BCUT2D eigenvalue weighted by Crippen LogP contribution is 2.37. The molecular formula is C20H17BrClN3O3S3. The van der Waals surface area contributed by atoms with Gasteiger partial charge in [-0.05, 0) is 42.0 Å². The first-order valence-electron chi connectivity index (χ1n) is 8.86. The number of nitrogens with one attached hydrogen (secondary N) is 3. The Labute approximate surface area is 206 Å². The van der Waals surface area contributed by atoms with E-state index in [9.17, 15) is 9.59 Å². The molecule has 0 atom stereocenters. The SMILES string of the molecule is COC(=O)c1sc2cc(NC(=S)NNC(=O)CSCc3ccccc3Br)ccc2c1Cl. The maximum absolute atomic E-state index is 12.0. The van der Waals surface area contributed by atoms with Crippen molar-refractivity contribution in [3.05, 3.63) is 62.4 Å². The van der Waals surface area contributed by atoms with Crippen LogP contribution in [0.15, 0.2) is 46.9 Å². The maximum atomic E-state index is 12.0. The van der Waals surface area contributed by atoms with Crippen molar-refractivity contribution >= 4 is 95.6 Å². The molecule has 0 spiro atoms. The topological polar surface area (TPSA) is 79.5 Å². The monoisotopic (exact) mass is 557 g/mol. The number of amides is 1. The molecule has 0 bridgehead atoms. The van der Waals surface area contributed by atoms with Gasteiger partial charge in [0.15, 0.2) is 5.11 Å². The van der Waals surface area contributed by atoms with Crippen LogP contribution < -0.4 is 16.2 Å². The lowest BCUT2D eigenvalue weighted by atomic mass is 10.2. The molecule has 0 radical (unpaired) electrons. The summed E-state index contributed by atoms with van der Waals surface area (Å²) in [6.07, 6.45) is 0. The molecule has 0 saturated heterocycles. The van der Waals surface area contributed by atoms with Gasteiger partial charge < -0.3 is 10.1 Å². The van der Waals surface area contributed by atoms with Crippen LogP contribution in [0.25, 0.3) is 10.1 Å². The molecule has 1 amide bonds. The van der Waals surface area contributed by atoms with Crippen molar-refractivity contribution in [3.8, 4) is 0 Å². The number of hydrazine groups is 1. The average molecular weight is 559 g/mol. The third-order valence-corrected chi connectivity index (χ3v) is 7.62. The van der Waals surface area contributed by atoms with Gasteiger partial charge in [0.2, 0.25) is 5.91 Å². The van der Waals surface area contributed by atoms with E-state index in [1.54, 1.807) is 12.1 Å². The van der Waals surface area contributed by atoms with Gasteiger partial charge in [-0.1, -0.05) is 45.7 Å². The minimum absolute atomic E-state index is 0.190. The number of hydrogen-bond donors (Lipinski definition) is 3. The second-order valence-corrected chi connectivity index (χ2v) is 9.84. The number of thiocarbonyl (C=S) groups is 1. The third kappa shape index (κ3) is 6.33. The zero-order chi connectivity index (χ0) is 22.4. The zero-order valence-corrected chi connectivity index (χ0v) is 21.0. The summed E-state index contributed by atoms with van der Waals surface area (Å²) in [5.41, 5.74) is 7.08. The number of ether oxygens (including phenoxy) is 1. The van der Waals surface area contributed by atoms with E-state index in [0.29, 0.717) is 21.3 Å². The number of hydrogen-bond acceptors (Lipinski definition) is 6. The Bertz CT molecular complexity index is 1140. The molecule has 31 heavy (non-hydrogen) atoms. The molecule has 1 aromatic heterocycles. The van der Waals surface area contributed by atoms with E-state index in [0.717, 1.165) is 20.1 Å². The number of rotatable bonds is 6. The molecule has 3 rings (SSSR count). The molecule has 0 aliphatic heterocycles. The van der Waals surface area contributed by atoms with Crippen molar-refractivity contribution in [3.63, 3.8) is 0 Å². The first-order chi connectivity index (χ1) is 14.9. The van der Waals surface area contributed by atoms with Crippen molar-refractivity contribution in [2.24, 2.45) is 0 Å². The number of carbonyl (C=O) groups excluding carboxylic acids is 2. The van der Waals surface area contributed by atoms with Crippen LogP contribution in [-0.2, 0) is 15.3 Å². The smallest absolute Gasteiger partial charge is 0.349 e. The van der Waals surface area contributed by atoms with Gasteiger partial charge in [0.1, 0.15) is 4.88 Å². The lowest BCUT2D eigenvalue weighted by Crippen LogP contribution is -2.44. The van der Waals surface area contributed by atoms with E-state index >= 15 is 0 Å². The fourth-order valence-electron chi connectivity index (χ4n) is 2.56. The van der Waals surface area contributed by atoms with Gasteiger partial charge in [-0.25, -0.2) is 4.79 Å². The summed E-state index contributed by atoms with van der Waals surface area (Å²) in [6.45, 7) is 0.